The third-order valence-corrected chi connectivity index (χ3v) is 6.16. The SMILES string of the molecule is O=C(CCCN1C2CCC1c1c([nH]c3ccccc13)C2)c1ccccc1. The second-order valence-corrected chi connectivity index (χ2v) is 7.64. The number of nitrogens with zero attached hydrogens (tertiary/aromatic N) is 1. The van der Waals surface area contributed by atoms with Gasteiger partial charge in [-0.1, -0.05) is 48.5 Å². The maximum atomic E-state index is 12.4. The number of carbonyl (C=O) groups excluding carboxylic acids is 1. The number of carbonyl (C=O) groups is 1. The van der Waals surface area contributed by atoms with E-state index in [1.807, 2.05) is 30.3 Å². The van der Waals surface area contributed by atoms with Crippen LogP contribution in [0.15, 0.2) is 54.6 Å². The van der Waals surface area contributed by atoms with Crippen LogP contribution in [0.1, 0.15) is 53.3 Å². The number of H-pyrrole nitrogens is 1. The molecule has 2 aliphatic rings. The fourth-order valence-corrected chi connectivity index (χ4v) is 4.99. The Labute approximate surface area is 154 Å². The number of para-hydroxylation sites is 1. The minimum atomic E-state index is 0.266. The highest BCUT2D eigenvalue weighted by Crippen LogP contribution is 2.46. The smallest absolute Gasteiger partial charge is 0.162 e. The van der Waals surface area contributed by atoms with E-state index in [9.17, 15) is 4.79 Å². The molecule has 1 fully saturated rings. The minimum Gasteiger partial charge on any atom is -0.358 e. The van der Waals surface area contributed by atoms with Crippen LogP contribution in [0.4, 0.5) is 0 Å². The molecule has 0 amide bonds. The summed E-state index contributed by atoms with van der Waals surface area (Å²) < 4.78 is 0. The number of benzene rings is 2. The van der Waals surface area contributed by atoms with Crippen molar-refractivity contribution in [1.29, 1.82) is 0 Å². The molecular weight excluding hydrogens is 320 g/mol. The lowest BCUT2D eigenvalue weighted by Crippen LogP contribution is -2.38. The summed E-state index contributed by atoms with van der Waals surface area (Å²) in [4.78, 5) is 18.7. The predicted octanol–water partition coefficient (Wildman–Crippen LogP) is 4.89. The molecule has 26 heavy (non-hydrogen) atoms. The van der Waals surface area contributed by atoms with Crippen molar-refractivity contribution in [3.63, 3.8) is 0 Å². The molecule has 2 unspecified atom stereocenters. The van der Waals surface area contributed by atoms with Gasteiger partial charge >= 0.3 is 0 Å². The van der Waals surface area contributed by atoms with Crippen LogP contribution in [0, 0.1) is 0 Å². The fraction of sp³-hybridized carbons (Fsp3) is 0.348. The average Bonchev–Trinajstić information content (AvgIpc) is 3.18. The minimum absolute atomic E-state index is 0.266. The summed E-state index contributed by atoms with van der Waals surface area (Å²) in [7, 11) is 0. The number of ketones is 1. The third-order valence-electron chi connectivity index (χ3n) is 6.16. The molecule has 1 N–H and O–H groups in total. The van der Waals surface area contributed by atoms with Gasteiger partial charge in [-0.25, -0.2) is 0 Å². The summed E-state index contributed by atoms with van der Waals surface area (Å²) in [6, 6.07) is 19.5. The van der Waals surface area contributed by atoms with Crippen molar-refractivity contribution in [2.45, 2.75) is 44.2 Å². The summed E-state index contributed by atoms with van der Waals surface area (Å²) in [5.74, 6) is 0.266. The van der Waals surface area contributed by atoms with Crippen LogP contribution in [0.25, 0.3) is 10.9 Å². The van der Waals surface area contributed by atoms with E-state index < -0.39 is 0 Å². The lowest BCUT2D eigenvalue weighted by atomic mass is 9.96. The van der Waals surface area contributed by atoms with Gasteiger partial charge < -0.3 is 4.98 Å². The Bertz CT molecular complexity index is 943. The van der Waals surface area contributed by atoms with Crippen molar-refractivity contribution in [3.8, 4) is 0 Å². The molecule has 0 saturated carbocycles. The van der Waals surface area contributed by atoms with E-state index in [0.717, 1.165) is 24.9 Å². The topological polar surface area (TPSA) is 36.1 Å². The van der Waals surface area contributed by atoms with E-state index in [1.54, 1.807) is 0 Å². The molecule has 132 valence electrons. The number of aromatic amines is 1. The molecular formula is C23H24N2O. The number of aromatic nitrogens is 1. The predicted molar refractivity (Wildman–Crippen MR) is 104 cm³/mol. The quantitative estimate of drug-likeness (QED) is 0.669. The zero-order valence-corrected chi connectivity index (χ0v) is 14.9. The van der Waals surface area contributed by atoms with Crippen molar-refractivity contribution in [1.82, 2.24) is 9.88 Å². The van der Waals surface area contributed by atoms with Gasteiger partial charge in [-0.05, 0) is 37.4 Å². The number of nitrogens with one attached hydrogen (secondary N) is 1. The molecule has 2 atom stereocenters. The summed E-state index contributed by atoms with van der Waals surface area (Å²) >= 11 is 0. The van der Waals surface area contributed by atoms with E-state index >= 15 is 0 Å². The molecule has 2 bridgehead atoms. The number of rotatable bonds is 5. The maximum absolute atomic E-state index is 12.4. The lowest BCUT2D eigenvalue weighted by molar-refractivity contribution is 0.0966. The maximum Gasteiger partial charge on any atom is 0.162 e. The normalized spacial score (nSPS) is 21.8. The fourth-order valence-electron chi connectivity index (χ4n) is 4.99. The van der Waals surface area contributed by atoms with E-state index in [2.05, 4.69) is 34.1 Å². The van der Waals surface area contributed by atoms with E-state index in [-0.39, 0.29) is 5.78 Å². The second kappa shape index (κ2) is 6.40. The monoisotopic (exact) mass is 344 g/mol. The van der Waals surface area contributed by atoms with Crippen molar-refractivity contribution >= 4 is 16.7 Å². The summed E-state index contributed by atoms with van der Waals surface area (Å²) in [6.45, 7) is 1.02. The van der Waals surface area contributed by atoms with Crippen molar-refractivity contribution in [2.24, 2.45) is 0 Å². The molecule has 3 heterocycles. The second-order valence-electron chi connectivity index (χ2n) is 7.64. The Morgan fingerprint density at radius 3 is 2.73 bits per heavy atom. The van der Waals surface area contributed by atoms with Gasteiger partial charge in [-0.3, -0.25) is 9.69 Å². The highest BCUT2D eigenvalue weighted by molar-refractivity contribution is 5.95. The van der Waals surface area contributed by atoms with Gasteiger partial charge in [0.25, 0.3) is 0 Å². The molecule has 2 aromatic carbocycles. The Hall–Kier alpha value is -2.39. The first-order valence-electron chi connectivity index (χ1n) is 9.75. The van der Waals surface area contributed by atoms with Gasteiger partial charge in [-0.15, -0.1) is 0 Å². The van der Waals surface area contributed by atoms with Crippen LogP contribution < -0.4 is 0 Å². The van der Waals surface area contributed by atoms with Crippen LogP contribution in [0.2, 0.25) is 0 Å². The summed E-state index contributed by atoms with van der Waals surface area (Å²) in [6.07, 6.45) is 5.21. The van der Waals surface area contributed by atoms with Crippen LogP contribution >= 0.6 is 0 Å². The van der Waals surface area contributed by atoms with Crippen molar-refractivity contribution in [2.75, 3.05) is 6.54 Å². The molecule has 2 aliphatic heterocycles. The number of Topliss-reactive ketones (excluding diaryl/α,β-unsaturated/α-hetero) is 1. The summed E-state index contributed by atoms with van der Waals surface area (Å²) in [5, 5.41) is 1.39. The zero-order chi connectivity index (χ0) is 17.5. The largest absolute Gasteiger partial charge is 0.358 e. The van der Waals surface area contributed by atoms with Gasteiger partial charge in [0.15, 0.2) is 5.78 Å². The molecule has 0 spiro atoms. The third kappa shape index (κ3) is 2.58. The summed E-state index contributed by atoms with van der Waals surface area (Å²) in [5.41, 5.74) is 5.07. The highest BCUT2D eigenvalue weighted by atomic mass is 16.1. The van der Waals surface area contributed by atoms with E-state index in [4.69, 9.17) is 0 Å². The molecule has 1 aromatic heterocycles. The van der Waals surface area contributed by atoms with E-state index in [0.29, 0.717) is 18.5 Å². The van der Waals surface area contributed by atoms with Crippen LogP contribution in [0.5, 0.6) is 0 Å². The van der Waals surface area contributed by atoms with Crippen molar-refractivity contribution < 1.29 is 4.79 Å². The number of fused-ring (bicyclic) bond motifs is 6. The molecule has 0 radical (unpaired) electrons. The van der Waals surface area contributed by atoms with Crippen molar-refractivity contribution in [3.05, 3.63) is 71.4 Å². The molecule has 3 heteroatoms. The number of hydrogen-bond donors (Lipinski definition) is 1. The molecule has 3 nitrogen and oxygen atoms in total. The van der Waals surface area contributed by atoms with E-state index in [1.165, 1.54) is 35.0 Å². The van der Waals surface area contributed by atoms with Gasteiger partial charge in [0.05, 0.1) is 0 Å². The zero-order valence-electron chi connectivity index (χ0n) is 14.9. The molecule has 3 aromatic rings. The Balaban J connectivity index is 1.31. The highest BCUT2D eigenvalue weighted by Gasteiger charge is 2.41. The lowest BCUT2D eigenvalue weighted by Gasteiger charge is -2.35. The van der Waals surface area contributed by atoms with Crippen LogP contribution in [-0.4, -0.2) is 28.3 Å². The number of hydrogen-bond acceptors (Lipinski definition) is 2. The Morgan fingerprint density at radius 1 is 1.04 bits per heavy atom. The Kier molecular flexibility index (Phi) is 3.90. The molecule has 1 saturated heterocycles. The Morgan fingerprint density at radius 2 is 1.85 bits per heavy atom. The van der Waals surface area contributed by atoms with Gasteiger partial charge in [-0.2, -0.15) is 0 Å². The first kappa shape index (κ1) is 15.8. The average molecular weight is 344 g/mol. The first-order valence-corrected chi connectivity index (χ1v) is 9.75. The van der Waals surface area contributed by atoms with Gasteiger partial charge in [0, 0.05) is 47.1 Å². The van der Waals surface area contributed by atoms with Gasteiger partial charge in [0.2, 0.25) is 0 Å². The van der Waals surface area contributed by atoms with Crippen LogP contribution in [-0.2, 0) is 6.42 Å². The standard InChI is InChI=1S/C23H24N2O/c26-22(16-7-2-1-3-8-16)11-6-14-25-17-12-13-21(25)23-18-9-4-5-10-19(18)24-20(23)15-17/h1-5,7-10,17,21,24H,6,11-15H2. The van der Waals surface area contributed by atoms with Crippen LogP contribution in [0.3, 0.4) is 0 Å². The molecule has 0 aliphatic carbocycles. The first-order chi connectivity index (χ1) is 12.8. The van der Waals surface area contributed by atoms with Gasteiger partial charge in [0.1, 0.15) is 0 Å². The molecule has 5 rings (SSSR count).